The van der Waals surface area contributed by atoms with E-state index in [1.807, 2.05) is 6.92 Å². The van der Waals surface area contributed by atoms with Crippen molar-refractivity contribution in [1.29, 1.82) is 0 Å². The first kappa shape index (κ1) is 29.3. The van der Waals surface area contributed by atoms with Gasteiger partial charge >= 0.3 is 22.8 Å². The Kier molecular flexibility index (Phi) is 13.8. The van der Waals surface area contributed by atoms with Crippen LogP contribution in [-0.2, 0) is 27.9 Å². The molecule has 0 atom stereocenters. The first-order chi connectivity index (χ1) is 13.2. The maximum Gasteiger partial charge on any atom is 0.327 e. The van der Waals surface area contributed by atoms with Crippen LogP contribution < -0.4 is 0 Å². The molecular weight excluding hydrogens is 453 g/mol. The van der Waals surface area contributed by atoms with Crippen LogP contribution in [0.5, 0.6) is 0 Å². The first-order valence-electron chi connectivity index (χ1n) is 9.05. The Bertz CT molecular complexity index is 506. The number of ether oxygens (including phenoxy) is 3. The van der Waals surface area contributed by atoms with E-state index < -0.39 is 46.7 Å². The third kappa shape index (κ3) is 18.8. The van der Waals surface area contributed by atoms with Crippen LogP contribution in [0.3, 0.4) is 0 Å². The second-order valence-electron chi connectivity index (χ2n) is 6.93. The van der Waals surface area contributed by atoms with E-state index in [9.17, 15) is 13.7 Å². The van der Waals surface area contributed by atoms with E-state index in [-0.39, 0.29) is 39.6 Å². The summed E-state index contributed by atoms with van der Waals surface area (Å²) < 4.78 is 49.1. The smallest absolute Gasteiger partial charge is 0.327 e. The lowest BCUT2D eigenvalue weighted by Crippen LogP contribution is -2.38. The molecule has 0 aliphatic rings. The number of hydrogen-bond acceptors (Lipinski definition) is 6. The van der Waals surface area contributed by atoms with Crippen molar-refractivity contribution in [2.45, 2.75) is 26.2 Å². The van der Waals surface area contributed by atoms with Crippen LogP contribution in [0.2, 0.25) is 0 Å². The molecule has 0 aromatic heterocycles. The Morgan fingerprint density at radius 3 is 1.21 bits per heavy atom. The summed E-state index contributed by atoms with van der Waals surface area (Å²) in [6.45, 7) is 1.33. The Hall–Kier alpha value is 0.330. The zero-order valence-electron chi connectivity index (χ0n) is 16.5. The highest BCUT2D eigenvalue weighted by Gasteiger charge is 2.32. The standard InChI is InChI=1S/C14H33O12P3/c1-2-3-4-14(11-24-5-8-27(15,16)17,12-25-6-9-28(18,19)20)13-26-7-10-29(21,22)23/h2-13H2,1H3,(H2,15,16,17)(H2,18,19,20)(H2,21,22,23). The highest BCUT2D eigenvalue weighted by molar-refractivity contribution is 7.52. The largest absolute Gasteiger partial charge is 0.380 e. The molecule has 0 amide bonds. The van der Waals surface area contributed by atoms with Crippen molar-refractivity contribution in [1.82, 2.24) is 0 Å². The van der Waals surface area contributed by atoms with Gasteiger partial charge < -0.3 is 43.6 Å². The molecule has 0 aliphatic carbocycles. The fourth-order valence-corrected chi connectivity index (χ4v) is 3.41. The first-order valence-corrected chi connectivity index (χ1v) is 14.4. The Morgan fingerprint density at radius 2 is 0.966 bits per heavy atom. The highest BCUT2D eigenvalue weighted by Crippen LogP contribution is 2.36. The molecule has 0 aliphatic heterocycles. The maximum absolute atomic E-state index is 11.0. The monoisotopic (exact) mass is 486 g/mol. The molecule has 0 saturated carbocycles. The number of hydrogen-bond donors (Lipinski definition) is 6. The van der Waals surface area contributed by atoms with Crippen molar-refractivity contribution in [2.24, 2.45) is 5.41 Å². The molecule has 0 unspecified atom stereocenters. The van der Waals surface area contributed by atoms with Gasteiger partial charge in [-0.3, -0.25) is 13.7 Å². The van der Waals surface area contributed by atoms with Crippen molar-refractivity contribution >= 4 is 22.8 Å². The molecule has 0 radical (unpaired) electrons. The van der Waals surface area contributed by atoms with E-state index in [4.69, 9.17) is 43.6 Å². The van der Waals surface area contributed by atoms with Gasteiger partial charge in [0.15, 0.2) is 0 Å². The summed E-state index contributed by atoms with van der Waals surface area (Å²) in [4.78, 5) is 53.5. The quantitative estimate of drug-likeness (QED) is 0.117. The van der Waals surface area contributed by atoms with Gasteiger partial charge in [-0.1, -0.05) is 19.8 Å². The molecule has 0 fully saturated rings. The molecule has 0 aromatic rings. The molecule has 176 valence electrons. The van der Waals surface area contributed by atoms with Crippen LogP contribution >= 0.6 is 22.8 Å². The van der Waals surface area contributed by atoms with Gasteiger partial charge in [0, 0.05) is 5.41 Å². The maximum atomic E-state index is 11.0. The van der Waals surface area contributed by atoms with Crippen molar-refractivity contribution in [3.63, 3.8) is 0 Å². The van der Waals surface area contributed by atoms with Crippen molar-refractivity contribution in [2.75, 3.05) is 58.1 Å². The summed E-state index contributed by atoms with van der Waals surface area (Å²) in [5, 5.41) is 0. The predicted octanol–water partition coefficient (Wildman–Crippen LogP) is 0.746. The van der Waals surface area contributed by atoms with E-state index in [0.29, 0.717) is 6.42 Å². The number of unbranched alkanes of at least 4 members (excludes halogenated alkanes) is 1. The Balaban J connectivity index is 4.96. The molecule has 0 aromatic carbocycles. The topological polar surface area (TPSA) is 200 Å². The van der Waals surface area contributed by atoms with E-state index >= 15 is 0 Å². The average molecular weight is 486 g/mol. The van der Waals surface area contributed by atoms with Crippen LogP contribution in [-0.4, -0.2) is 87.5 Å². The fourth-order valence-electron chi connectivity index (χ4n) is 2.31. The van der Waals surface area contributed by atoms with E-state index in [1.165, 1.54) is 0 Å². The molecule has 6 N–H and O–H groups in total. The van der Waals surface area contributed by atoms with Crippen LogP contribution in [0.1, 0.15) is 26.2 Å². The van der Waals surface area contributed by atoms with Gasteiger partial charge in [0.05, 0.1) is 58.1 Å². The third-order valence-corrected chi connectivity index (χ3v) is 6.16. The van der Waals surface area contributed by atoms with Gasteiger partial charge in [0.1, 0.15) is 0 Å². The summed E-state index contributed by atoms with van der Waals surface area (Å²) in [7, 11) is -12.7. The van der Waals surface area contributed by atoms with Crippen molar-refractivity contribution in [3.05, 3.63) is 0 Å². The molecule has 12 nitrogen and oxygen atoms in total. The van der Waals surface area contributed by atoms with Gasteiger partial charge in [-0.25, -0.2) is 0 Å². The second-order valence-corrected chi connectivity index (χ2v) is 12.3. The Labute approximate surface area is 170 Å². The molecule has 15 heteroatoms. The van der Waals surface area contributed by atoms with Crippen molar-refractivity contribution in [3.8, 4) is 0 Å². The molecular formula is C14H33O12P3. The van der Waals surface area contributed by atoms with E-state index in [2.05, 4.69) is 0 Å². The minimum Gasteiger partial charge on any atom is -0.380 e. The minimum absolute atomic E-state index is 0.00117. The minimum atomic E-state index is -4.22. The van der Waals surface area contributed by atoms with Crippen LogP contribution in [0, 0.1) is 5.41 Å². The molecule has 0 rings (SSSR count). The fraction of sp³-hybridized carbons (Fsp3) is 1.00. The highest BCUT2D eigenvalue weighted by atomic mass is 31.2. The van der Waals surface area contributed by atoms with Gasteiger partial charge in [0.25, 0.3) is 0 Å². The zero-order chi connectivity index (χ0) is 22.6. The summed E-state index contributed by atoms with van der Waals surface area (Å²) in [6.07, 6.45) is 0.672. The summed E-state index contributed by atoms with van der Waals surface area (Å²) in [6, 6.07) is 0. The van der Waals surface area contributed by atoms with Gasteiger partial charge in [0.2, 0.25) is 0 Å². The summed E-state index contributed by atoms with van der Waals surface area (Å²) in [5.41, 5.74) is -0.797. The average Bonchev–Trinajstić information content (AvgIpc) is 2.55. The Morgan fingerprint density at radius 1 is 0.655 bits per heavy atom. The van der Waals surface area contributed by atoms with Gasteiger partial charge in [-0.05, 0) is 6.42 Å². The lowest BCUT2D eigenvalue weighted by Gasteiger charge is -2.33. The summed E-state index contributed by atoms with van der Waals surface area (Å²) >= 11 is 0. The van der Waals surface area contributed by atoms with Crippen LogP contribution in [0.4, 0.5) is 0 Å². The number of rotatable bonds is 18. The lowest BCUT2D eigenvalue weighted by molar-refractivity contribution is -0.0690. The van der Waals surface area contributed by atoms with Gasteiger partial charge in [-0.15, -0.1) is 0 Å². The lowest BCUT2D eigenvalue weighted by atomic mass is 9.85. The van der Waals surface area contributed by atoms with Crippen LogP contribution in [0.15, 0.2) is 0 Å². The molecule has 0 heterocycles. The molecule has 0 saturated heterocycles. The third-order valence-electron chi connectivity index (χ3n) is 3.87. The molecule has 29 heavy (non-hydrogen) atoms. The summed E-state index contributed by atoms with van der Waals surface area (Å²) in [5.74, 6) is 0. The van der Waals surface area contributed by atoms with Gasteiger partial charge in [-0.2, -0.15) is 0 Å². The second kappa shape index (κ2) is 13.7. The SMILES string of the molecule is CCCCC(COCCP(=O)(O)O)(COCCP(=O)(O)O)COCCP(=O)(O)O. The predicted molar refractivity (Wildman–Crippen MR) is 105 cm³/mol. The van der Waals surface area contributed by atoms with Crippen molar-refractivity contribution < 1.29 is 57.3 Å². The normalized spacial score (nSPS) is 13.8. The van der Waals surface area contributed by atoms with Crippen LogP contribution in [0.25, 0.3) is 0 Å². The molecule has 0 bridgehead atoms. The van der Waals surface area contributed by atoms with E-state index in [0.717, 1.165) is 12.8 Å². The molecule has 0 spiro atoms. The van der Waals surface area contributed by atoms with E-state index in [1.54, 1.807) is 0 Å². The zero-order valence-corrected chi connectivity index (χ0v) is 19.1.